The van der Waals surface area contributed by atoms with E-state index in [1.807, 2.05) is 6.08 Å². The topological polar surface area (TPSA) is 61.8 Å². The van der Waals surface area contributed by atoms with E-state index in [0.29, 0.717) is 19.4 Å². The van der Waals surface area contributed by atoms with Crippen LogP contribution in [-0.2, 0) is 23.8 Å². The summed E-state index contributed by atoms with van der Waals surface area (Å²) in [5.74, 6) is -0.575. The van der Waals surface area contributed by atoms with E-state index >= 15 is 0 Å². The Hall–Kier alpha value is -3.44. The number of hydrogen-bond donors (Lipinski definition) is 0. The predicted molar refractivity (Wildman–Crippen MR) is 223 cm³/mol. The van der Waals surface area contributed by atoms with Crippen molar-refractivity contribution < 1.29 is 23.8 Å². The first-order chi connectivity index (χ1) is 25.6. The molecule has 0 aliphatic carbocycles. The lowest BCUT2D eigenvalue weighted by Gasteiger charge is -2.18. The third-order valence-electron chi connectivity index (χ3n) is 7.82. The number of ether oxygens (including phenoxy) is 3. The lowest BCUT2D eigenvalue weighted by Crippen LogP contribution is -2.30. The van der Waals surface area contributed by atoms with Crippen molar-refractivity contribution in [2.45, 2.75) is 155 Å². The second kappa shape index (κ2) is 42.0. The summed E-state index contributed by atoms with van der Waals surface area (Å²) in [6, 6.07) is 0. The number of esters is 2. The SMILES string of the molecule is CC/C=C\C/C=C\C/C=C\C/C=C\C/C=C\CCCC(=O)OCC(COCCCCCCCC)OC(=O)CC/C=C\C/C=C\C/C=C\C/C=C\CC. The lowest BCUT2D eigenvalue weighted by atomic mass is 10.1. The summed E-state index contributed by atoms with van der Waals surface area (Å²) in [7, 11) is 0. The molecule has 0 bridgehead atoms. The average Bonchev–Trinajstić information content (AvgIpc) is 3.14. The van der Waals surface area contributed by atoms with Gasteiger partial charge in [-0.3, -0.25) is 9.59 Å². The van der Waals surface area contributed by atoms with Crippen LogP contribution in [0.25, 0.3) is 0 Å². The van der Waals surface area contributed by atoms with Gasteiger partial charge in [0.1, 0.15) is 6.61 Å². The molecular weight excluding hydrogens is 645 g/mol. The molecule has 5 heteroatoms. The minimum atomic E-state index is -0.597. The molecule has 0 aromatic heterocycles. The second-order valence-electron chi connectivity index (χ2n) is 12.8. The Labute approximate surface area is 319 Å². The molecule has 0 N–H and O–H groups in total. The molecule has 0 saturated heterocycles. The van der Waals surface area contributed by atoms with E-state index in [2.05, 4.69) is 124 Å². The largest absolute Gasteiger partial charge is 0.462 e. The molecule has 0 aromatic rings. The lowest BCUT2D eigenvalue weighted by molar-refractivity contribution is -0.162. The van der Waals surface area contributed by atoms with Crippen LogP contribution in [-0.4, -0.2) is 37.9 Å². The van der Waals surface area contributed by atoms with E-state index in [1.165, 1.54) is 25.7 Å². The highest BCUT2D eigenvalue weighted by atomic mass is 16.6. The Morgan fingerprint density at radius 2 is 0.885 bits per heavy atom. The monoisotopic (exact) mass is 719 g/mol. The standard InChI is InChI=1S/C47H74O5/c1-4-7-10-13-16-18-20-22-23-24-25-27-28-30-32-34-37-40-46(48)51-44-45(43-50-42-39-36-15-12-9-6-3)52-47(49)41-38-35-33-31-29-26-21-19-17-14-11-8-5-2/h7-8,10-11,16-19,22-23,25-27,29-30,32-33,35,45H,4-6,9,12-15,20-21,24,28,31,34,36-44H2,1-3H3/b10-7-,11-8-,18-16-,19-17-,23-22-,27-25-,29-26-,32-30-,35-33-. The molecule has 1 unspecified atom stereocenters. The van der Waals surface area contributed by atoms with Crippen LogP contribution < -0.4 is 0 Å². The number of hydrogen-bond acceptors (Lipinski definition) is 5. The van der Waals surface area contributed by atoms with Crippen LogP contribution in [0.3, 0.4) is 0 Å². The highest BCUT2D eigenvalue weighted by molar-refractivity contribution is 5.70. The van der Waals surface area contributed by atoms with Crippen molar-refractivity contribution in [1.82, 2.24) is 0 Å². The van der Waals surface area contributed by atoms with Gasteiger partial charge >= 0.3 is 11.9 Å². The first-order valence-corrected chi connectivity index (χ1v) is 20.4. The fourth-order valence-corrected chi connectivity index (χ4v) is 4.85. The summed E-state index contributed by atoms with van der Waals surface area (Å²) < 4.78 is 17.0. The van der Waals surface area contributed by atoms with Crippen LogP contribution in [0.2, 0.25) is 0 Å². The van der Waals surface area contributed by atoms with Crippen molar-refractivity contribution >= 4 is 11.9 Å². The predicted octanol–water partition coefficient (Wildman–Crippen LogP) is 13.3. The van der Waals surface area contributed by atoms with Crippen LogP contribution in [0.15, 0.2) is 109 Å². The van der Waals surface area contributed by atoms with Gasteiger partial charge in [-0.2, -0.15) is 0 Å². The van der Waals surface area contributed by atoms with Crippen LogP contribution in [0.1, 0.15) is 149 Å². The minimum absolute atomic E-state index is 0.0206. The molecule has 0 saturated carbocycles. The maximum Gasteiger partial charge on any atom is 0.306 e. The molecule has 0 fully saturated rings. The van der Waals surface area contributed by atoms with Gasteiger partial charge in [-0.15, -0.1) is 0 Å². The zero-order chi connectivity index (χ0) is 37.8. The van der Waals surface area contributed by atoms with Gasteiger partial charge in [-0.1, -0.05) is 162 Å². The van der Waals surface area contributed by atoms with Crippen molar-refractivity contribution in [3.63, 3.8) is 0 Å². The summed E-state index contributed by atoms with van der Waals surface area (Å²) in [4.78, 5) is 25.0. The zero-order valence-corrected chi connectivity index (χ0v) is 33.3. The van der Waals surface area contributed by atoms with E-state index in [9.17, 15) is 9.59 Å². The molecule has 1 atom stereocenters. The van der Waals surface area contributed by atoms with Gasteiger partial charge in [0.2, 0.25) is 0 Å². The van der Waals surface area contributed by atoms with Crippen molar-refractivity contribution in [3.8, 4) is 0 Å². The quantitative estimate of drug-likeness (QED) is 0.0371. The Balaban J connectivity index is 4.38. The summed E-state index contributed by atoms with van der Waals surface area (Å²) in [5.41, 5.74) is 0. The van der Waals surface area contributed by atoms with Gasteiger partial charge in [-0.25, -0.2) is 0 Å². The molecule has 0 heterocycles. The third kappa shape index (κ3) is 39.3. The van der Waals surface area contributed by atoms with E-state index in [-0.39, 0.29) is 31.6 Å². The average molecular weight is 719 g/mol. The molecular formula is C47H74O5. The van der Waals surface area contributed by atoms with Crippen molar-refractivity contribution in [1.29, 1.82) is 0 Å². The molecule has 0 aromatic carbocycles. The Morgan fingerprint density at radius 1 is 0.442 bits per heavy atom. The number of allylic oxidation sites excluding steroid dienone is 18. The van der Waals surface area contributed by atoms with E-state index in [0.717, 1.165) is 83.5 Å². The van der Waals surface area contributed by atoms with Crippen molar-refractivity contribution in [2.75, 3.05) is 19.8 Å². The fourth-order valence-electron chi connectivity index (χ4n) is 4.85. The molecule has 0 rings (SSSR count). The Bertz CT molecular complexity index is 1090. The summed E-state index contributed by atoms with van der Waals surface area (Å²) >= 11 is 0. The van der Waals surface area contributed by atoms with Crippen LogP contribution in [0, 0.1) is 0 Å². The highest BCUT2D eigenvalue weighted by Gasteiger charge is 2.17. The van der Waals surface area contributed by atoms with Gasteiger partial charge in [0, 0.05) is 19.4 Å². The summed E-state index contributed by atoms with van der Waals surface area (Å²) in [6.45, 7) is 7.37. The second-order valence-corrected chi connectivity index (χ2v) is 12.8. The van der Waals surface area contributed by atoms with Crippen LogP contribution >= 0.6 is 0 Å². The van der Waals surface area contributed by atoms with E-state index in [4.69, 9.17) is 14.2 Å². The third-order valence-corrected chi connectivity index (χ3v) is 7.82. The number of rotatable bonds is 35. The first kappa shape index (κ1) is 48.6. The maximum absolute atomic E-state index is 12.6. The number of carbonyl (C=O) groups is 2. The Morgan fingerprint density at radius 3 is 1.38 bits per heavy atom. The zero-order valence-electron chi connectivity index (χ0n) is 33.3. The van der Waals surface area contributed by atoms with Gasteiger partial charge in [-0.05, 0) is 83.5 Å². The molecule has 292 valence electrons. The van der Waals surface area contributed by atoms with E-state index < -0.39 is 6.10 Å². The first-order valence-electron chi connectivity index (χ1n) is 20.4. The van der Waals surface area contributed by atoms with Gasteiger partial charge in [0.05, 0.1) is 6.61 Å². The Kier molecular flexibility index (Phi) is 39.2. The van der Waals surface area contributed by atoms with Crippen LogP contribution in [0.4, 0.5) is 0 Å². The summed E-state index contributed by atoms with van der Waals surface area (Å²) in [5, 5.41) is 0. The van der Waals surface area contributed by atoms with Gasteiger partial charge in [0.25, 0.3) is 0 Å². The van der Waals surface area contributed by atoms with Gasteiger partial charge < -0.3 is 14.2 Å². The molecule has 0 aliphatic heterocycles. The molecule has 52 heavy (non-hydrogen) atoms. The molecule has 0 aliphatic rings. The maximum atomic E-state index is 12.6. The molecule has 5 nitrogen and oxygen atoms in total. The van der Waals surface area contributed by atoms with Crippen LogP contribution in [0.5, 0.6) is 0 Å². The minimum Gasteiger partial charge on any atom is -0.462 e. The van der Waals surface area contributed by atoms with Crippen molar-refractivity contribution in [2.24, 2.45) is 0 Å². The molecule has 0 spiro atoms. The smallest absolute Gasteiger partial charge is 0.306 e. The normalized spacial score (nSPS) is 13.4. The molecule has 0 radical (unpaired) electrons. The van der Waals surface area contributed by atoms with Gasteiger partial charge in [0.15, 0.2) is 6.10 Å². The number of carbonyl (C=O) groups excluding carboxylic acids is 2. The number of unbranched alkanes of at least 4 members (excludes halogenated alkanes) is 6. The van der Waals surface area contributed by atoms with Crippen molar-refractivity contribution in [3.05, 3.63) is 109 Å². The molecule has 0 amide bonds. The fraction of sp³-hybridized carbons (Fsp3) is 0.574. The van der Waals surface area contributed by atoms with E-state index in [1.54, 1.807) is 0 Å². The summed E-state index contributed by atoms with van der Waals surface area (Å²) in [6.07, 6.45) is 56.8. The highest BCUT2D eigenvalue weighted by Crippen LogP contribution is 2.08.